The highest BCUT2D eigenvalue weighted by atomic mass is 15.2. The highest BCUT2D eigenvalue weighted by molar-refractivity contribution is 5.69. The lowest BCUT2D eigenvalue weighted by molar-refractivity contribution is 0.624. The number of hydrogen-bond acceptors (Lipinski definition) is 4. The Morgan fingerprint density at radius 3 is 3.05 bits per heavy atom. The first-order valence-electron chi connectivity index (χ1n) is 6.82. The number of para-hydroxylation sites is 1. The molecule has 96 valence electrons. The van der Waals surface area contributed by atoms with Gasteiger partial charge in [-0.2, -0.15) is 0 Å². The number of aromatic nitrogens is 2. The number of hydrogen-bond donors (Lipinski definition) is 1. The average Bonchev–Trinajstić information content (AvgIpc) is 2.90. The van der Waals surface area contributed by atoms with Gasteiger partial charge >= 0.3 is 0 Å². The Balaban J connectivity index is 1.82. The first-order valence-corrected chi connectivity index (χ1v) is 6.82. The van der Waals surface area contributed by atoms with Gasteiger partial charge in [-0.05, 0) is 18.1 Å². The quantitative estimate of drug-likeness (QED) is 0.840. The second kappa shape index (κ2) is 4.31. The van der Waals surface area contributed by atoms with E-state index in [4.69, 9.17) is 0 Å². The van der Waals surface area contributed by atoms with Gasteiger partial charge in [0.15, 0.2) is 0 Å². The van der Waals surface area contributed by atoms with Crippen LogP contribution in [0.2, 0.25) is 0 Å². The van der Waals surface area contributed by atoms with Crippen molar-refractivity contribution in [3.8, 4) is 0 Å². The summed E-state index contributed by atoms with van der Waals surface area (Å²) in [7, 11) is 0. The maximum Gasteiger partial charge on any atom is 0.141 e. The van der Waals surface area contributed by atoms with E-state index in [0.29, 0.717) is 0 Å². The molecule has 0 spiro atoms. The van der Waals surface area contributed by atoms with Crippen molar-refractivity contribution in [2.24, 2.45) is 0 Å². The summed E-state index contributed by atoms with van der Waals surface area (Å²) in [6.45, 7) is 2.91. The van der Waals surface area contributed by atoms with E-state index in [9.17, 15) is 0 Å². The summed E-state index contributed by atoms with van der Waals surface area (Å²) in [4.78, 5) is 11.3. The van der Waals surface area contributed by atoms with Crippen molar-refractivity contribution in [3.63, 3.8) is 0 Å². The summed E-state index contributed by atoms with van der Waals surface area (Å²) in [5.74, 6) is 1.09. The summed E-state index contributed by atoms with van der Waals surface area (Å²) in [5.41, 5.74) is 5.19. The molecule has 19 heavy (non-hydrogen) atoms. The fraction of sp³-hybridized carbons (Fsp3) is 0.333. The van der Waals surface area contributed by atoms with Gasteiger partial charge in [0, 0.05) is 37.3 Å². The molecule has 0 amide bonds. The molecular formula is C15H16N4. The monoisotopic (exact) mass is 252 g/mol. The lowest BCUT2D eigenvalue weighted by atomic mass is 10.1. The standard InChI is InChI=1S/C15H16N4/c1-2-4-14-11(3-1)6-8-19(14)15-12-9-16-7-5-13(12)17-10-18-15/h1-4,10,16H,5-9H2. The first kappa shape index (κ1) is 10.9. The highest BCUT2D eigenvalue weighted by Crippen LogP contribution is 2.35. The predicted octanol–water partition coefficient (Wildman–Crippen LogP) is 1.82. The van der Waals surface area contributed by atoms with Gasteiger partial charge in [-0.25, -0.2) is 9.97 Å². The van der Waals surface area contributed by atoms with Gasteiger partial charge in [0.1, 0.15) is 12.1 Å². The Kier molecular flexibility index (Phi) is 2.48. The van der Waals surface area contributed by atoms with E-state index in [1.165, 1.54) is 22.5 Å². The van der Waals surface area contributed by atoms with Crippen molar-refractivity contribution in [3.05, 3.63) is 47.4 Å². The smallest absolute Gasteiger partial charge is 0.141 e. The molecule has 0 saturated heterocycles. The number of benzene rings is 1. The van der Waals surface area contributed by atoms with Crippen LogP contribution in [-0.2, 0) is 19.4 Å². The minimum atomic E-state index is 0.879. The Bertz CT molecular complexity index is 623. The van der Waals surface area contributed by atoms with Crippen LogP contribution in [0.4, 0.5) is 11.5 Å². The molecule has 0 radical (unpaired) electrons. The summed E-state index contributed by atoms with van der Waals surface area (Å²) in [6.07, 6.45) is 3.81. The topological polar surface area (TPSA) is 41.1 Å². The molecule has 0 atom stereocenters. The van der Waals surface area contributed by atoms with E-state index in [1.807, 2.05) is 0 Å². The van der Waals surface area contributed by atoms with Gasteiger partial charge in [-0.3, -0.25) is 0 Å². The fourth-order valence-corrected chi connectivity index (χ4v) is 3.05. The highest BCUT2D eigenvalue weighted by Gasteiger charge is 2.25. The SMILES string of the molecule is c1ccc2c(c1)CCN2c1ncnc2c1CNCC2. The van der Waals surface area contributed by atoms with Gasteiger partial charge < -0.3 is 10.2 Å². The Labute approximate surface area is 112 Å². The van der Waals surface area contributed by atoms with Crippen LogP contribution in [0.1, 0.15) is 16.8 Å². The third-order valence-corrected chi connectivity index (χ3v) is 4.00. The normalized spacial score (nSPS) is 17.2. The third kappa shape index (κ3) is 1.71. The zero-order valence-electron chi connectivity index (χ0n) is 10.8. The number of rotatable bonds is 1. The van der Waals surface area contributed by atoms with E-state index in [2.05, 4.69) is 44.5 Å². The molecule has 1 aromatic carbocycles. The van der Waals surface area contributed by atoms with Crippen LogP contribution in [0, 0.1) is 0 Å². The maximum absolute atomic E-state index is 4.55. The summed E-state index contributed by atoms with van der Waals surface area (Å²) < 4.78 is 0. The van der Waals surface area contributed by atoms with Crippen LogP contribution in [0.3, 0.4) is 0 Å². The summed E-state index contributed by atoms with van der Waals surface area (Å²) in [6, 6.07) is 8.61. The van der Waals surface area contributed by atoms with Crippen LogP contribution in [0.25, 0.3) is 0 Å². The summed E-state index contributed by atoms with van der Waals surface area (Å²) in [5, 5.41) is 3.42. The number of nitrogens with one attached hydrogen (secondary N) is 1. The van der Waals surface area contributed by atoms with Crippen molar-refractivity contribution in [1.82, 2.24) is 15.3 Å². The molecule has 4 rings (SSSR count). The largest absolute Gasteiger partial charge is 0.325 e. The van der Waals surface area contributed by atoms with Gasteiger partial charge in [0.25, 0.3) is 0 Å². The molecule has 2 aliphatic heterocycles. The van der Waals surface area contributed by atoms with Crippen molar-refractivity contribution >= 4 is 11.5 Å². The van der Waals surface area contributed by atoms with Gasteiger partial charge in [-0.1, -0.05) is 18.2 Å². The third-order valence-electron chi connectivity index (χ3n) is 4.00. The molecule has 4 nitrogen and oxygen atoms in total. The second-order valence-electron chi connectivity index (χ2n) is 5.08. The Hall–Kier alpha value is -1.94. The van der Waals surface area contributed by atoms with Gasteiger partial charge in [-0.15, -0.1) is 0 Å². The molecule has 2 aliphatic rings. The minimum absolute atomic E-state index is 0.879. The Morgan fingerprint density at radius 1 is 1.11 bits per heavy atom. The molecule has 0 fully saturated rings. The second-order valence-corrected chi connectivity index (χ2v) is 5.08. The average molecular weight is 252 g/mol. The van der Waals surface area contributed by atoms with Crippen LogP contribution < -0.4 is 10.2 Å². The number of anilines is 2. The van der Waals surface area contributed by atoms with E-state index < -0.39 is 0 Å². The van der Waals surface area contributed by atoms with Crippen LogP contribution in [0.5, 0.6) is 0 Å². The molecule has 3 heterocycles. The van der Waals surface area contributed by atoms with Crippen LogP contribution >= 0.6 is 0 Å². The minimum Gasteiger partial charge on any atom is -0.325 e. The number of nitrogens with zero attached hydrogens (tertiary/aromatic N) is 3. The molecule has 0 aliphatic carbocycles. The first-order chi connectivity index (χ1) is 9.43. The van der Waals surface area contributed by atoms with E-state index in [-0.39, 0.29) is 0 Å². The fourth-order valence-electron chi connectivity index (χ4n) is 3.05. The number of fused-ring (bicyclic) bond motifs is 2. The lowest BCUT2D eigenvalue weighted by Crippen LogP contribution is -2.28. The maximum atomic E-state index is 4.55. The van der Waals surface area contributed by atoms with Crippen molar-refractivity contribution in [2.75, 3.05) is 18.0 Å². The van der Waals surface area contributed by atoms with Crippen molar-refractivity contribution < 1.29 is 0 Å². The van der Waals surface area contributed by atoms with Crippen molar-refractivity contribution in [2.45, 2.75) is 19.4 Å². The van der Waals surface area contributed by atoms with Gasteiger partial charge in [0.2, 0.25) is 0 Å². The van der Waals surface area contributed by atoms with Crippen LogP contribution in [0.15, 0.2) is 30.6 Å². The van der Waals surface area contributed by atoms with E-state index in [1.54, 1.807) is 6.33 Å². The van der Waals surface area contributed by atoms with E-state index >= 15 is 0 Å². The molecule has 4 heteroatoms. The van der Waals surface area contributed by atoms with Crippen molar-refractivity contribution in [1.29, 1.82) is 0 Å². The molecule has 1 N–H and O–H groups in total. The zero-order valence-corrected chi connectivity index (χ0v) is 10.8. The Morgan fingerprint density at radius 2 is 2.05 bits per heavy atom. The lowest BCUT2D eigenvalue weighted by Gasteiger charge is -2.25. The molecule has 0 unspecified atom stereocenters. The molecule has 2 aromatic rings. The molecular weight excluding hydrogens is 236 g/mol. The van der Waals surface area contributed by atoms with Gasteiger partial charge in [0.05, 0.1) is 5.69 Å². The van der Waals surface area contributed by atoms with E-state index in [0.717, 1.165) is 38.3 Å². The van der Waals surface area contributed by atoms with Crippen LogP contribution in [-0.4, -0.2) is 23.1 Å². The summed E-state index contributed by atoms with van der Waals surface area (Å²) >= 11 is 0. The molecule has 0 saturated carbocycles. The zero-order chi connectivity index (χ0) is 12.7. The molecule has 1 aromatic heterocycles. The molecule has 0 bridgehead atoms. The predicted molar refractivity (Wildman–Crippen MR) is 74.6 cm³/mol.